The Morgan fingerprint density at radius 2 is 1.78 bits per heavy atom. The molecule has 0 spiro atoms. The SMILES string of the molecule is C=C(/C(C)=C(\C)NCCCC)c1ccc(C)cc1. The minimum absolute atomic E-state index is 1.04. The number of hydrogen-bond donors (Lipinski definition) is 1. The second-order valence-corrected chi connectivity index (χ2v) is 4.87. The first-order chi connectivity index (χ1) is 8.56. The molecule has 0 atom stereocenters. The van der Waals surface area contributed by atoms with Crippen LogP contribution < -0.4 is 5.32 Å². The molecule has 0 aliphatic carbocycles. The van der Waals surface area contributed by atoms with Gasteiger partial charge in [-0.25, -0.2) is 0 Å². The Morgan fingerprint density at radius 1 is 1.17 bits per heavy atom. The molecule has 1 aromatic rings. The van der Waals surface area contributed by atoms with E-state index in [2.05, 4.69) is 63.9 Å². The topological polar surface area (TPSA) is 12.0 Å². The number of unbranched alkanes of at least 4 members (excludes halogenated alkanes) is 1. The van der Waals surface area contributed by atoms with Gasteiger partial charge < -0.3 is 5.32 Å². The summed E-state index contributed by atoms with van der Waals surface area (Å²) >= 11 is 0. The third kappa shape index (κ3) is 4.06. The first-order valence-corrected chi connectivity index (χ1v) is 6.74. The first-order valence-electron chi connectivity index (χ1n) is 6.74. The van der Waals surface area contributed by atoms with E-state index in [0.717, 1.165) is 12.1 Å². The molecule has 0 unspecified atom stereocenters. The van der Waals surface area contributed by atoms with Crippen molar-refractivity contribution in [2.24, 2.45) is 0 Å². The number of aryl methyl sites for hydroxylation is 1. The van der Waals surface area contributed by atoms with Crippen LogP contribution in [0, 0.1) is 6.92 Å². The van der Waals surface area contributed by atoms with Crippen molar-refractivity contribution >= 4 is 5.57 Å². The third-order valence-corrected chi connectivity index (χ3v) is 3.34. The van der Waals surface area contributed by atoms with Gasteiger partial charge in [-0.2, -0.15) is 0 Å². The lowest BCUT2D eigenvalue weighted by atomic mass is 9.98. The van der Waals surface area contributed by atoms with Crippen molar-refractivity contribution in [3.8, 4) is 0 Å². The minimum Gasteiger partial charge on any atom is -0.388 e. The van der Waals surface area contributed by atoms with Crippen molar-refractivity contribution in [1.82, 2.24) is 5.32 Å². The zero-order valence-electron chi connectivity index (χ0n) is 12.1. The molecule has 98 valence electrons. The predicted octanol–water partition coefficient (Wildman–Crippen LogP) is 4.69. The van der Waals surface area contributed by atoms with Crippen LogP contribution in [0.25, 0.3) is 5.57 Å². The van der Waals surface area contributed by atoms with Crippen molar-refractivity contribution in [3.05, 3.63) is 53.2 Å². The Hall–Kier alpha value is -1.50. The van der Waals surface area contributed by atoms with E-state index < -0.39 is 0 Å². The summed E-state index contributed by atoms with van der Waals surface area (Å²) in [6.45, 7) is 13.8. The highest BCUT2D eigenvalue weighted by atomic mass is 14.9. The van der Waals surface area contributed by atoms with Gasteiger partial charge in [0.1, 0.15) is 0 Å². The van der Waals surface area contributed by atoms with Gasteiger partial charge in [0.15, 0.2) is 0 Å². The van der Waals surface area contributed by atoms with E-state index in [4.69, 9.17) is 0 Å². The highest BCUT2D eigenvalue weighted by Gasteiger charge is 2.04. The largest absolute Gasteiger partial charge is 0.388 e. The molecule has 0 aliphatic rings. The van der Waals surface area contributed by atoms with Gasteiger partial charge in [-0.15, -0.1) is 0 Å². The maximum Gasteiger partial charge on any atom is 0.0143 e. The van der Waals surface area contributed by atoms with Crippen LogP contribution in [0.15, 0.2) is 42.1 Å². The Balaban J connectivity index is 2.75. The second kappa shape index (κ2) is 7.05. The fraction of sp³-hybridized carbons (Fsp3) is 0.412. The number of benzene rings is 1. The van der Waals surface area contributed by atoms with Crippen molar-refractivity contribution in [2.45, 2.75) is 40.5 Å². The molecule has 0 aromatic heterocycles. The van der Waals surface area contributed by atoms with Crippen LogP contribution in [0.2, 0.25) is 0 Å². The number of rotatable bonds is 6. The smallest absolute Gasteiger partial charge is 0.0143 e. The highest BCUT2D eigenvalue weighted by molar-refractivity contribution is 5.77. The highest BCUT2D eigenvalue weighted by Crippen LogP contribution is 2.22. The summed E-state index contributed by atoms with van der Waals surface area (Å²) in [6.07, 6.45) is 2.43. The second-order valence-electron chi connectivity index (χ2n) is 4.87. The molecule has 0 radical (unpaired) electrons. The van der Waals surface area contributed by atoms with Crippen LogP contribution in [0.4, 0.5) is 0 Å². The molecule has 1 rings (SSSR count). The Kier molecular flexibility index (Phi) is 5.70. The van der Waals surface area contributed by atoms with Crippen LogP contribution in [-0.2, 0) is 0 Å². The van der Waals surface area contributed by atoms with Crippen molar-refractivity contribution in [2.75, 3.05) is 6.54 Å². The quantitative estimate of drug-likeness (QED) is 0.564. The van der Waals surface area contributed by atoms with E-state index in [9.17, 15) is 0 Å². The summed E-state index contributed by atoms with van der Waals surface area (Å²) in [7, 11) is 0. The van der Waals surface area contributed by atoms with E-state index in [-0.39, 0.29) is 0 Å². The van der Waals surface area contributed by atoms with E-state index in [1.807, 2.05) is 0 Å². The van der Waals surface area contributed by atoms with Gasteiger partial charge in [0, 0.05) is 12.2 Å². The molecule has 1 N–H and O–H groups in total. The average molecular weight is 243 g/mol. The first kappa shape index (κ1) is 14.6. The summed E-state index contributed by atoms with van der Waals surface area (Å²) in [5.74, 6) is 0. The Morgan fingerprint density at radius 3 is 2.33 bits per heavy atom. The van der Waals surface area contributed by atoms with Crippen molar-refractivity contribution < 1.29 is 0 Å². The van der Waals surface area contributed by atoms with E-state index >= 15 is 0 Å². The number of nitrogens with one attached hydrogen (secondary N) is 1. The average Bonchev–Trinajstić information content (AvgIpc) is 2.38. The van der Waals surface area contributed by atoms with Gasteiger partial charge >= 0.3 is 0 Å². The predicted molar refractivity (Wildman–Crippen MR) is 81.5 cm³/mol. The number of allylic oxidation sites excluding steroid dienone is 3. The van der Waals surface area contributed by atoms with Crippen molar-refractivity contribution in [1.29, 1.82) is 0 Å². The molecular weight excluding hydrogens is 218 g/mol. The minimum atomic E-state index is 1.04. The summed E-state index contributed by atoms with van der Waals surface area (Å²) in [4.78, 5) is 0. The molecule has 0 heterocycles. The number of hydrogen-bond acceptors (Lipinski definition) is 1. The van der Waals surface area contributed by atoms with Gasteiger partial charge in [-0.3, -0.25) is 0 Å². The molecule has 0 saturated heterocycles. The van der Waals surface area contributed by atoms with E-state index in [0.29, 0.717) is 0 Å². The summed E-state index contributed by atoms with van der Waals surface area (Å²) in [5.41, 5.74) is 6.07. The lowest BCUT2D eigenvalue weighted by Gasteiger charge is -2.13. The van der Waals surface area contributed by atoms with Crippen LogP contribution in [-0.4, -0.2) is 6.54 Å². The van der Waals surface area contributed by atoms with Gasteiger partial charge in [-0.05, 0) is 43.9 Å². The third-order valence-electron chi connectivity index (χ3n) is 3.34. The molecule has 0 amide bonds. The zero-order valence-corrected chi connectivity index (χ0v) is 12.1. The molecule has 0 fully saturated rings. The fourth-order valence-corrected chi connectivity index (χ4v) is 1.78. The molecule has 18 heavy (non-hydrogen) atoms. The Bertz CT molecular complexity index is 423. The molecule has 1 nitrogen and oxygen atoms in total. The zero-order chi connectivity index (χ0) is 13.5. The van der Waals surface area contributed by atoms with Crippen LogP contribution >= 0.6 is 0 Å². The Labute approximate surface area is 112 Å². The van der Waals surface area contributed by atoms with Gasteiger partial charge in [-0.1, -0.05) is 49.8 Å². The van der Waals surface area contributed by atoms with Crippen molar-refractivity contribution in [3.63, 3.8) is 0 Å². The van der Waals surface area contributed by atoms with Crippen LogP contribution in [0.1, 0.15) is 44.7 Å². The summed E-state index contributed by atoms with van der Waals surface area (Å²) in [5, 5.41) is 3.46. The van der Waals surface area contributed by atoms with Crippen LogP contribution in [0.5, 0.6) is 0 Å². The maximum atomic E-state index is 4.21. The summed E-state index contributed by atoms with van der Waals surface area (Å²) in [6, 6.07) is 8.54. The molecule has 1 aromatic carbocycles. The van der Waals surface area contributed by atoms with Gasteiger partial charge in [0.25, 0.3) is 0 Å². The van der Waals surface area contributed by atoms with Crippen LogP contribution in [0.3, 0.4) is 0 Å². The monoisotopic (exact) mass is 243 g/mol. The molecule has 0 saturated carbocycles. The maximum absolute atomic E-state index is 4.21. The molecule has 0 aliphatic heterocycles. The molecule has 1 heteroatoms. The molecule has 0 bridgehead atoms. The normalized spacial score (nSPS) is 12.0. The fourth-order valence-electron chi connectivity index (χ4n) is 1.78. The summed E-state index contributed by atoms with van der Waals surface area (Å²) < 4.78 is 0. The lowest BCUT2D eigenvalue weighted by Crippen LogP contribution is -2.14. The van der Waals surface area contributed by atoms with E-state index in [1.165, 1.54) is 35.2 Å². The van der Waals surface area contributed by atoms with Gasteiger partial charge in [0.2, 0.25) is 0 Å². The standard InChI is InChI=1S/C17H25N/c1-6-7-12-18-16(5)14(3)15(4)17-10-8-13(2)9-11-17/h8-11,18H,4,6-7,12H2,1-3,5H3/b16-14+. The lowest BCUT2D eigenvalue weighted by molar-refractivity contribution is 0.707. The molecular formula is C17H25N. The van der Waals surface area contributed by atoms with E-state index in [1.54, 1.807) is 0 Å². The van der Waals surface area contributed by atoms with Gasteiger partial charge in [0.05, 0.1) is 0 Å².